The summed E-state index contributed by atoms with van der Waals surface area (Å²) < 4.78 is 19.8. The number of benzene rings is 2. The van der Waals surface area contributed by atoms with Gasteiger partial charge in [0, 0.05) is 18.3 Å². The number of ether oxygens (including phenoxy) is 1. The summed E-state index contributed by atoms with van der Waals surface area (Å²) in [4.78, 5) is 0. The van der Waals surface area contributed by atoms with Crippen LogP contribution in [-0.2, 0) is 6.54 Å². The first-order chi connectivity index (χ1) is 10.1. The minimum Gasteiger partial charge on any atom is -0.491 e. The van der Waals surface area contributed by atoms with Gasteiger partial charge in [-0.1, -0.05) is 25.1 Å². The maximum atomic E-state index is 13.5. The SMILES string of the molecule is CCC(C)Oc1cccc(NCc2cccc(F)c2Br)c1. The summed E-state index contributed by atoms with van der Waals surface area (Å²) in [6.45, 7) is 4.68. The van der Waals surface area contributed by atoms with Gasteiger partial charge in [-0.2, -0.15) is 0 Å². The Morgan fingerprint density at radius 1 is 1.24 bits per heavy atom. The van der Waals surface area contributed by atoms with Crippen LogP contribution in [0.1, 0.15) is 25.8 Å². The molecular weight excluding hydrogens is 333 g/mol. The van der Waals surface area contributed by atoms with Gasteiger partial charge in [-0.05, 0) is 53.0 Å². The summed E-state index contributed by atoms with van der Waals surface area (Å²) in [6, 6.07) is 12.8. The van der Waals surface area contributed by atoms with E-state index >= 15 is 0 Å². The lowest BCUT2D eigenvalue weighted by Gasteiger charge is -2.14. The van der Waals surface area contributed by atoms with Gasteiger partial charge in [0.25, 0.3) is 0 Å². The van der Waals surface area contributed by atoms with E-state index < -0.39 is 0 Å². The average Bonchev–Trinajstić information content (AvgIpc) is 2.49. The monoisotopic (exact) mass is 351 g/mol. The first-order valence-electron chi connectivity index (χ1n) is 7.03. The third kappa shape index (κ3) is 4.46. The predicted octanol–water partition coefficient (Wildman–Crippen LogP) is 5.38. The van der Waals surface area contributed by atoms with Crippen LogP contribution in [0.25, 0.3) is 0 Å². The zero-order valence-corrected chi connectivity index (χ0v) is 13.8. The second-order valence-corrected chi connectivity index (χ2v) is 5.72. The minimum atomic E-state index is -0.247. The van der Waals surface area contributed by atoms with E-state index in [1.54, 1.807) is 6.07 Å². The standard InChI is InChI=1S/C17H19BrFNO/c1-3-12(2)21-15-8-5-7-14(10-15)20-11-13-6-4-9-16(19)17(13)18/h4-10,12,20H,3,11H2,1-2H3. The Morgan fingerprint density at radius 3 is 2.76 bits per heavy atom. The number of rotatable bonds is 6. The van der Waals surface area contributed by atoms with Crippen molar-refractivity contribution < 1.29 is 9.13 Å². The lowest BCUT2D eigenvalue weighted by Crippen LogP contribution is -2.09. The third-order valence-electron chi connectivity index (χ3n) is 3.26. The second kappa shape index (κ2) is 7.46. The molecule has 1 atom stereocenters. The van der Waals surface area contributed by atoms with Gasteiger partial charge in [0.1, 0.15) is 11.6 Å². The van der Waals surface area contributed by atoms with Gasteiger partial charge in [0.15, 0.2) is 0 Å². The summed E-state index contributed by atoms with van der Waals surface area (Å²) in [7, 11) is 0. The van der Waals surface area contributed by atoms with Gasteiger partial charge in [-0.25, -0.2) is 4.39 Å². The van der Waals surface area contributed by atoms with E-state index in [2.05, 4.69) is 28.2 Å². The molecule has 2 rings (SSSR count). The van der Waals surface area contributed by atoms with Crippen LogP contribution in [0.5, 0.6) is 5.75 Å². The Bertz CT molecular complexity index is 603. The highest BCUT2D eigenvalue weighted by Crippen LogP contribution is 2.23. The third-order valence-corrected chi connectivity index (χ3v) is 4.15. The minimum absolute atomic E-state index is 0.192. The molecule has 0 aliphatic carbocycles. The van der Waals surface area contributed by atoms with E-state index in [1.807, 2.05) is 37.3 Å². The molecule has 0 radical (unpaired) electrons. The molecule has 2 nitrogen and oxygen atoms in total. The normalized spacial score (nSPS) is 12.0. The second-order valence-electron chi connectivity index (χ2n) is 4.93. The topological polar surface area (TPSA) is 21.3 Å². The molecule has 0 aliphatic rings. The van der Waals surface area contributed by atoms with Crippen molar-refractivity contribution in [2.24, 2.45) is 0 Å². The fourth-order valence-corrected chi connectivity index (χ4v) is 2.28. The lowest BCUT2D eigenvalue weighted by molar-refractivity contribution is 0.217. The largest absolute Gasteiger partial charge is 0.491 e. The zero-order chi connectivity index (χ0) is 15.2. The van der Waals surface area contributed by atoms with Gasteiger partial charge < -0.3 is 10.1 Å². The number of hydrogen-bond donors (Lipinski definition) is 1. The molecule has 0 heterocycles. The molecule has 0 bridgehead atoms. The summed E-state index contributed by atoms with van der Waals surface area (Å²) in [5.41, 5.74) is 1.83. The highest BCUT2D eigenvalue weighted by atomic mass is 79.9. The van der Waals surface area contributed by atoms with Crippen molar-refractivity contribution in [3.63, 3.8) is 0 Å². The van der Waals surface area contributed by atoms with Crippen molar-refractivity contribution in [3.8, 4) is 5.75 Å². The van der Waals surface area contributed by atoms with Crippen molar-refractivity contribution in [3.05, 3.63) is 58.3 Å². The molecule has 0 spiro atoms. The molecule has 21 heavy (non-hydrogen) atoms. The quantitative estimate of drug-likeness (QED) is 0.754. The van der Waals surface area contributed by atoms with Crippen LogP contribution in [0.3, 0.4) is 0 Å². The van der Waals surface area contributed by atoms with Crippen LogP contribution >= 0.6 is 15.9 Å². The fraction of sp³-hybridized carbons (Fsp3) is 0.294. The molecule has 0 aliphatic heterocycles. The molecular formula is C17H19BrFNO. The van der Waals surface area contributed by atoms with Crippen LogP contribution in [0.4, 0.5) is 10.1 Å². The maximum absolute atomic E-state index is 13.5. The Balaban J connectivity index is 2.03. The Morgan fingerprint density at radius 2 is 2.00 bits per heavy atom. The molecule has 112 valence electrons. The molecule has 1 N–H and O–H groups in total. The fourth-order valence-electron chi connectivity index (χ4n) is 1.88. The van der Waals surface area contributed by atoms with Crippen molar-refractivity contribution in [1.29, 1.82) is 0 Å². The Hall–Kier alpha value is -1.55. The van der Waals surface area contributed by atoms with Crippen LogP contribution in [-0.4, -0.2) is 6.10 Å². The first-order valence-corrected chi connectivity index (χ1v) is 7.83. The zero-order valence-electron chi connectivity index (χ0n) is 12.2. The van der Waals surface area contributed by atoms with E-state index in [0.717, 1.165) is 23.4 Å². The number of halogens is 2. The van der Waals surface area contributed by atoms with Crippen molar-refractivity contribution in [1.82, 2.24) is 0 Å². The summed E-state index contributed by atoms with van der Waals surface area (Å²) in [5.74, 6) is 0.593. The van der Waals surface area contributed by atoms with Crippen molar-refractivity contribution >= 4 is 21.6 Å². The average molecular weight is 352 g/mol. The van der Waals surface area contributed by atoms with E-state index in [0.29, 0.717) is 11.0 Å². The van der Waals surface area contributed by atoms with E-state index in [4.69, 9.17) is 4.74 Å². The molecule has 4 heteroatoms. The van der Waals surface area contributed by atoms with E-state index in [-0.39, 0.29) is 11.9 Å². The lowest BCUT2D eigenvalue weighted by atomic mass is 10.2. The Labute approximate surface area is 133 Å². The molecule has 0 saturated heterocycles. The summed E-state index contributed by atoms with van der Waals surface area (Å²) >= 11 is 3.27. The van der Waals surface area contributed by atoms with E-state index in [1.165, 1.54) is 6.07 Å². The molecule has 0 aromatic heterocycles. The number of anilines is 1. The predicted molar refractivity (Wildman–Crippen MR) is 88.2 cm³/mol. The molecule has 0 fully saturated rings. The van der Waals surface area contributed by atoms with Gasteiger partial charge in [-0.3, -0.25) is 0 Å². The Kier molecular flexibility index (Phi) is 5.62. The molecule has 1 unspecified atom stereocenters. The van der Waals surface area contributed by atoms with Crippen LogP contribution < -0.4 is 10.1 Å². The van der Waals surface area contributed by atoms with Gasteiger partial charge in [-0.15, -0.1) is 0 Å². The van der Waals surface area contributed by atoms with Gasteiger partial charge in [0.2, 0.25) is 0 Å². The number of nitrogens with one attached hydrogen (secondary N) is 1. The van der Waals surface area contributed by atoms with Gasteiger partial charge >= 0.3 is 0 Å². The molecule has 2 aromatic carbocycles. The highest BCUT2D eigenvalue weighted by Gasteiger charge is 2.06. The van der Waals surface area contributed by atoms with Crippen LogP contribution in [0, 0.1) is 5.82 Å². The highest BCUT2D eigenvalue weighted by molar-refractivity contribution is 9.10. The molecule has 2 aromatic rings. The van der Waals surface area contributed by atoms with Crippen molar-refractivity contribution in [2.45, 2.75) is 32.9 Å². The maximum Gasteiger partial charge on any atom is 0.137 e. The van der Waals surface area contributed by atoms with Crippen LogP contribution in [0.2, 0.25) is 0 Å². The molecule has 0 amide bonds. The summed E-state index contributed by atoms with van der Waals surface area (Å²) in [5, 5.41) is 3.28. The smallest absolute Gasteiger partial charge is 0.137 e. The van der Waals surface area contributed by atoms with Gasteiger partial charge in [0.05, 0.1) is 10.6 Å². The molecule has 0 saturated carbocycles. The summed E-state index contributed by atoms with van der Waals surface area (Å²) in [6.07, 6.45) is 1.16. The number of hydrogen-bond acceptors (Lipinski definition) is 2. The van der Waals surface area contributed by atoms with Crippen LogP contribution in [0.15, 0.2) is 46.9 Å². The van der Waals surface area contributed by atoms with Crippen molar-refractivity contribution in [2.75, 3.05) is 5.32 Å². The first kappa shape index (κ1) is 15.8. The van der Waals surface area contributed by atoms with E-state index in [9.17, 15) is 4.39 Å².